The van der Waals surface area contributed by atoms with Gasteiger partial charge in [-0.2, -0.15) is 4.31 Å². The number of ether oxygens (including phenoxy) is 3. The molecule has 1 aliphatic rings. The van der Waals surface area contributed by atoms with Gasteiger partial charge in [0.25, 0.3) is 5.91 Å². The zero-order chi connectivity index (χ0) is 22.4. The van der Waals surface area contributed by atoms with E-state index in [4.69, 9.17) is 21.1 Å². The van der Waals surface area contributed by atoms with Crippen LogP contribution in [0.15, 0.2) is 47.4 Å². The van der Waals surface area contributed by atoms with Crippen LogP contribution in [-0.4, -0.2) is 64.6 Å². The van der Waals surface area contributed by atoms with E-state index < -0.39 is 21.9 Å². The number of hydrogen-bond acceptors (Lipinski definition) is 7. The highest BCUT2D eigenvalue weighted by atomic mass is 35.5. The van der Waals surface area contributed by atoms with Gasteiger partial charge in [-0.1, -0.05) is 11.6 Å². The Morgan fingerprint density at radius 2 is 1.81 bits per heavy atom. The molecule has 11 heteroatoms. The summed E-state index contributed by atoms with van der Waals surface area (Å²) in [5, 5.41) is 2.69. The summed E-state index contributed by atoms with van der Waals surface area (Å²) in [5.41, 5.74) is 0.829. The molecule has 0 unspecified atom stereocenters. The second kappa shape index (κ2) is 10.1. The van der Waals surface area contributed by atoms with E-state index in [1.54, 1.807) is 12.1 Å². The number of carbonyl (C=O) groups is 2. The van der Waals surface area contributed by atoms with Crippen LogP contribution in [-0.2, 0) is 24.3 Å². The first-order valence-electron chi connectivity index (χ1n) is 9.30. The summed E-state index contributed by atoms with van der Waals surface area (Å²) in [6, 6.07) is 10.2. The zero-order valence-corrected chi connectivity index (χ0v) is 18.2. The third-order valence-corrected chi connectivity index (χ3v) is 6.65. The maximum atomic E-state index is 12.7. The van der Waals surface area contributed by atoms with Crippen molar-refractivity contribution in [3.05, 3.63) is 53.1 Å². The smallest absolute Gasteiger partial charge is 0.337 e. The Morgan fingerprint density at radius 3 is 2.42 bits per heavy atom. The third kappa shape index (κ3) is 5.73. The van der Waals surface area contributed by atoms with Crippen molar-refractivity contribution in [3.8, 4) is 5.75 Å². The number of esters is 1. The van der Waals surface area contributed by atoms with Gasteiger partial charge in [-0.05, 0) is 42.5 Å². The number of halogens is 1. The lowest BCUT2D eigenvalue weighted by atomic mass is 10.2. The fourth-order valence-electron chi connectivity index (χ4n) is 2.84. The van der Waals surface area contributed by atoms with Crippen molar-refractivity contribution in [1.29, 1.82) is 0 Å². The number of amides is 1. The maximum Gasteiger partial charge on any atom is 0.337 e. The van der Waals surface area contributed by atoms with Gasteiger partial charge >= 0.3 is 5.97 Å². The number of benzene rings is 2. The molecule has 0 aromatic heterocycles. The Balaban J connectivity index is 1.59. The minimum Gasteiger partial charge on any atom is -0.482 e. The van der Waals surface area contributed by atoms with Gasteiger partial charge in [-0.3, -0.25) is 4.79 Å². The van der Waals surface area contributed by atoms with Gasteiger partial charge in [-0.15, -0.1) is 0 Å². The quantitative estimate of drug-likeness (QED) is 0.620. The molecule has 1 fully saturated rings. The summed E-state index contributed by atoms with van der Waals surface area (Å²) in [4.78, 5) is 23.6. The second-order valence-electron chi connectivity index (χ2n) is 6.51. The van der Waals surface area contributed by atoms with E-state index in [0.717, 1.165) is 0 Å². The first-order chi connectivity index (χ1) is 14.8. The van der Waals surface area contributed by atoms with Crippen LogP contribution in [0.4, 0.5) is 5.69 Å². The van der Waals surface area contributed by atoms with E-state index in [9.17, 15) is 18.0 Å². The normalized spacial score (nSPS) is 14.6. The van der Waals surface area contributed by atoms with Crippen LogP contribution in [0.25, 0.3) is 0 Å². The van der Waals surface area contributed by atoms with Crippen LogP contribution in [0.1, 0.15) is 10.4 Å². The first-order valence-corrected chi connectivity index (χ1v) is 11.1. The Hall–Kier alpha value is -2.66. The Kier molecular flexibility index (Phi) is 7.50. The predicted octanol–water partition coefficient (Wildman–Crippen LogP) is 2.17. The molecule has 1 heterocycles. The molecule has 3 rings (SSSR count). The van der Waals surface area contributed by atoms with E-state index >= 15 is 0 Å². The van der Waals surface area contributed by atoms with E-state index in [1.807, 2.05) is 0 Å². The largest absolute Gasteiger partial charge is 0.482 e. The average Bonchev–Trinajstić information content (AvgIpc) is 2.78. The number of sulfonamides is 1. The molecular weight excluding hydrogens is 448 g/mol. The number of morpholine rings is 1. The molecule has 31 heavy (non-hydrogen) atoms. The Labute approximate surface area is 184 Å². The minimum atomic E-state index is -3.68. The van der Waals surface area contributed by atoms with Crippen LogP contribution in [0.2, 0.25) is 5.02 Å². The van der Waals surface area contributed by atoms with Crippen molar-refractivity contribution in [2.24, 2.45) is 0 Å². The molecule has 9 nitrogen and oxygen atoms in total. The van der Waals surface area contributed by atoms with Crippen molar-refractivity contribution in [3.63, 3.8) is 0 Å². The Morgan fingerprint density at radius 1 is 1.13 bits per heavy atom. The van der Waals surface area contributed by atoms with E-state index in [-0.39, 0.29) is 35.4 Å². The zero-order valence-electron chi connectivity index (χ0n) is 16.7. The highest BCUT2D eigenvalue weighted by Gasteiger charge is 2.27. The van der Waals surface area contributed by atoms with Gasteiger partial charge in [-0.25, -0.2) is 13.2 Å². The second-order valence-corrected chi connectivity index (χ2v) is 8.86. The molecule has 166 valence electrons. The molecule has 0 spiro atoms. The number of nitrogens with zero attached hydrogens (tertiary/aromatic N) is 1. The number of carbonyl (C=O) groups excluding carboxylic acids is 2. The van der Waals surface area contributed by atoms with Crippen molar-refractivity contribution in [1.82, 2.24) is 4.31 Å². The SMILES string of the molecule is COC(=O)c1ccc(NC(=O)COc2ccc(S(=O)(=O)N3CCOCC3)cc2Cl)cc1. The lowest BCUT2D eigenvalue weighted by Crippen LogP contribution is -2.40. The average molecular weight is 469 g/mol. The summed E-state index contributed by atoms with van der Waals surface area (Å²) in [5.74, 6) is -0.749. The Bertz CT molecular complexity index is 1050. The molecule has 1 saturated heterocycles. The summed E-state index contributed by atoms with van der Waals surface area (Å²) in [6.45, 7) is 0.898. The van der Waals surface area contributed by atoms with E-state index in [0.29, 0.717) is 24.5 Å². The van der Waals surface area contributed by atoms with Gasteiger partial charge in [0.05, 0.1) is 35.8 Å². The summed E-state index contributed by atoms with van der Waals surface area (Å²) >= 11 is 6.17. The van der Waals surface area contributed by atoms with E-state index in [2.05, 4.69) is 10.1 Å². The van der Waals surface area contributed by atoms with Gasteiger partial charge in [0.15, 0.2) is 6.61 Å². The van der Waals surface area contributed by atoms with Crippen LogP contribution in [0.5, 0.6) is 5.75 Å². The number of nitrogens with one attached hydrogen (secondary N) is 1. The fourth-order valence-corrected chi connectivity index (χ4v) is 4.58. The number of anilines is 1. The highest BCUT2D eigenvalue weighted by Crippen LogP contribution is 2.29. The molecule has 2 aromatic rings. The molecule has 0 radical (unpaired) electrons. The predicted molar refractivity (Wildman–Crippen MR) is 113 cm³/mol. The monoisotopic (exact) mass is 468 g/mol. The lowest BCUT2D eigenvalue weighted by molar-refractivity contribution is -0.118. The minimum absolute atomic E-state index is 0.0434. The molecule has 1 N–H and O–H groups in total. The molecule has 0 saturated carbocycles. The molecule has 0 atom stereocenters. The van der Waals surface area contributed by atoms with Gasteiger partial charge in [0.2, 0.25) is 10.0 Å². The number of methoxy groups -OCH3 is 1. The lowest BCUT2D eigenvalue weighted by Gasteiger charge is -2.26. The van der Waals surface area contributed by atoms with Crippen molar-refractivity contribution in [2.45, 2.75) is 4.90 Å². The van der Waals surface area contributed by atoms with Gasteiger partial charge in [0, 0.05) is 18.8 Å². The summed E-state index contributed by atoms with van der Waals surface area (Å²) in [7, 11) is -2.40. The third-order valence-electron chi connectivity index (χ3n) is 4.46. The van der Waals surface area contributed by atoms with Crippen molar-refractivity contribution in [2.75, 3.05) is 45.3 Å². The molecule has 1 amide bonds. The van der Waals surface area contributed by atoms with Crippen LogP contribution >= 0.6 is 11.6 Å². The maximum absolute atomic E-state index is 12.7. The molecule has 0 aliphatic carbocycles. The van der Waals surface area contributed by atoms with Crippen molar-refractivity contribution < 1.29 is 32.2 Å². The standard InChI is InChI=1S/C20H21ClN2O7S/c1-28-20(25)14-2-4-15(5-3-14)22-19(24)13-30-18-7-6-16(12-17(18)21)31(26,27)23-8-10-29-11-9-23/h2-7,12H,8-11,13H2,1H3,(H,22,24). The molecule has 1 aliphatic heterocycles. The van der Waals surface area contributed by atoms with Crippen LogP contribution in [0, 0.1) is 0 Å². The van der Waals surface area contributed by atoms with Crippen molar-refractivity contribution >= 4 is 39.2 Å². The fraction of sp³-hybridized carbons (Fsp3) is 0.300. The first kappa shape index (κ1) is 23.0. The topological polar surface area (TPSA) is 111 Å². The van der Waals surface area contributed by atoms with E-state index in [1.165, 1.54) is 41.7 Å². The number of hydrogen-bond donors (Lipinski definition) is 1. The molecule has 2 aromatic carbocycles. The van der Waals surface area contributed by atoms with Crippen LogP contribution in [0.3, 0.4) is 0 Å². The van der Waals surface area contributed by atoms with Gasteiger partial charge < -0.3 is 19.5 Å². The summed E-state index contributed by atoms with van der Waals surface area (Å²) in [6.07, 6.45) is 0. The molecule has 0 bridgehead atoms. The molecular formula is C20H21ClN2O7S. The van der Waals surface area contributed by atoms with Crippen LogP contribution < -0.4 is 10.1 Å². The van der Waals surface area contributed by atoms with Gasteiger partial charge in [0.1, 0.15) is 5.75 Å². The number of rotatable bonds is 7. The summed E-state index contributed by atoms with van der Waals surface area (Å²) < 4.78 is 41.9. The highest BCUT2D eigenvalue weighted by molar-refractivity contribution is 7.89.